The molecule has 10 atom stereocenters. The summed E-state index contributed by atoms with van der Waals surface area (Å²) in [5.74, 6) is 0. The standard InChI is InChI=1S/C24H46O13/c1-25-17-15(36-23(31-7)21(29-5)19(17)27-3)13-34-11-9-33-10-12-35-14-16-18(26-2)20(28-4)22(30-6)24(32-8)37-16/h15-24H,9-14H2,1-8H3/t15-,16-,17-,18-,19+,20+,21-,22-,23-,24-/m1/s1. The van der Waals surface area contributed by atoms with Crippen molar-refractivity contribution >= 4 is 0 Å². The SMILES string of the molecule is CO[C@@H]1O[C@H](COCCOCCOC[C@H]2O[C@@H](OC)[C@H](OC)[C@@H](OC)[C@@H]2OC)[C@@H](OC)[C@H](OC)[C@H]1OC. The Morgan fingerprint density at radius 1 is 0.378 bits per heavy atom. The van der Waals surface area contributed by atoms with Crippen LogP contribution in [0.15, 0.2) is 0 Å². The van der Waals surface area contributed by atoms with E-state index in [1.54, 1.807) is 56.9 Å². The lowest BCUT2D eigenvalue weighted by atomic mass is 9.98. The van der Waals surface area contributed by atoms with E-state index in [-0.39, 0.29) is 49.8 Å². The number of hydrogen-bond acceptors (Lipinski definition) is 13. The van der Waals surface area contributed by atoms with Crippen molar-refractivity contribution in [2.75, 3.05) is 96.5 Å². The molecule has 220 valence electrons. The van der Waals surface area contributed by atoms with E-state index in [0.717, 1.165) is 0 Å². The Labute approximate surface area is 220 Å². The molecule has 2 saturated heterocycles. The first-order valence-corrected chi connectivity index (χ1v) is 12.3. The van der Waals surface area contributed by atoms with Gasteiger partial charge in [-0.2, -0.15) is 0 Å². The summed E-state index contributed by atoms with van der Waals surface area (Å²) < 4.78 is 73.3. The fourth-order valence-corrected chi connectivity index (χ4v) is 4.74. The lowest BCUT2D eigenvalue weighted by Gasteiger charge is -2.44. The highest BCUT2D eigenvalue weighted by atomic mass is 16.7. The smallest absolute Gasteiger partial charge is 0.186 e. The normalized spacial score (nSPS) is 36.6. The Bertz CT molecular complexity index is 537. The number of methoxy groups -OCH3 is 8. The van der Waals surface area contributed by atoms with E-state index in [1.807, 2.05) is 0 Å². The third-order valence-corrected chi connectivity index (χ3v) is 6.59. The van der Waals surface area contributed by atoms with Gasteiger partial charge in [0.2, 0.25) is 0 Å². The van der Waals surface area contributed by atoms with Crippen molar-refractivity contribution < 1.29 is 61.6 Å². The molecule has 2 aliphatic rings. The van der Waals surface area contributed by atoms with Gasteiger partial charge in [-0.25, -0.2) is 0 Å². The fourth-order valence-electron chi connectivity index (χ4n) is 4.74. The molecule has 0 unspecified atom stereocenters. The fraction of sp³-hybridized carbons (Fsp3) is 1.00. The van der Waals surface area contributed by atoms with E-state index in [1.165, 1.54) is 0 Å². The molecule has 0 bridgehead atoms. The van der Waals surface area contributed by atoms with Crippen LogP contribution in [0.4, 0.5) is 0 Å². The van der Waals surface area contributed by atoms with Gasteiger partial charge in [-0.15, -0.1) is 0 Å². The predicted octanol–water partition coefficient (Wildman–Crippen LogP) is -0.131. The summed E-state index contributed by atoms with van der Waals surface area (Å²) in [7, 11) is 12.7. The summed E-state index contributed by atoms with van der Waals surface area (Å²) >= 11 is 0. The maximum atomic E-state index is 5.97. The molecule has 2 aliphatic heterocycles. The van der Waals surface area contributed by atoms with E-state index < -0.39 is 24.8 Å². The maximum Gasteiger partial charge on any atom is 0.186 e. The molecule has 0 aromatic carbocycles. The zero-order valence-corrected chi connectivity index (χ0v) is 23.3. The average Bonchev–Trinajstić information content (AvgIpc) is 2.93. The van der Waals surface area contributed by atoms with Crippen molar-refractivity contribution in [1.29, 1.82) is 0 Å². The summed E-state index contributed by atoms with van der Waals surface area (Å²) in [6, 6.07) is 0. The summed E-state index contributed by atoms with van der Waals surface area (Å²) in [5.41, 5.74) is 0. The number of rotatable bonds is 18. The lowest BCUT2D eigenvalue weighted by Crippen LogP contribution is -2.61. The molecule has 0 spiro atoms. The third-order valence-electron chi connectivity index (χ3n) is 6.59. The maximum absolute atomic E-state index is 5.97. The molecule has 0 aromatic heterocycles. The molecule has 2 rings (SSSR count). The molecule has 2 heterocycles. The second-order valence-electron chi connectivity index (χ2n) is 8.52. The van der Waals surface area contributed by atoms with E-state index in [2.05, 4.69) is 0 Å². The minimum Gasteiger partial charge on any atom is -0.377 e. The van der Waals surface area contributed by atoms with Gasteiger partial charge in [0, 0.05) is 56.9 Å². The van der Waals surface area contributed by atoms with Crippen LogP contribution in [0.2, 0.25) is 0 Å². The minimum atomic E-state index is -0.590. The monoisotopic (exact) mass is 542 g/mol. The van der Waals surface area contributed by atoms with Gasteiger partial charge < -0.3 is 61.6 Å². The zero-order valence-electron chi connectivity index (χ0n) is 23.3. The Morgan fingerprint density at radius 3 is 1.00 bits per heavy atom. The lowest BCUT2D eigenvalue weighted by molar-refractivity contribution is -0.308. The molecule has 37 heavy (non-hydrogen) atoms. The summed E-state index contributed by atoms with van der Waals surface area (Å²) in [6.45, 7) is 2.11. The van der Waals surface area contributed by atoms with Crippen LogP contribution in [0.3, 0.4) is 0 Å². The van der Waals surface area contributed by atoms with Crippen LogP contribution in [0.5, 0.6) is 0 Å². The van der Waals surface area contributed by atoms with Crippen molar-refractivity contribution in [3.8, 4) is 0 Å². The van der Waals surface area contributed by atoms with Crippen LogP contribution in [0.25, 0.3) is 0 Å². The van der Waals surface area contributed by atoms with Crippen molar-refractivity contribution in [2.24, 2.45) is 0 Å². The van der Waals surface area contributed by atoms with E-state index in [0.29, 0.717) is 26.4 Å². The highest BCUT2D eigenvalue weighted by Gasteiger charge is 2.48. The molecule has 0 aliphatic carbocycles. The Morgan fingerprint density at radius 2 is 0.703 bits per heavy atom. The molecule has 2 fully saturated rings. The van der Waals surface area contributed by atoms with Crippen LogP contribution < -0.4 is 0 Å². The number of ether oxygens (including phenoxy) is 13. The van der Waals surface area contributed by atoms with Crippen LogP contribution in [-0.4, -0.2) is 158 Å². The van der Waals surface area contributed by atoms with Gasteiger partial charge in [-0.3, -0.25) is 0 Å². The van der Waals surface area contributed by atoms with Gasteiger partial charge in [0.1, 0.15) is 48.8 Å². The topological polar surface area (TPSA) is 120 Å². The van der Waals surface area contributed by atoms with Crippen LogP contribution in [0, 0.1) is 0 Å². The molecule has 0 amide bonds. The van der Waals surface area contributed by atoms with Crippen LogP contribution in [0.1, 0.15) is 0 Å². The Hall–Kier alpha value is -0.520. The van der Waals surface area contributed by atoms with E-state index in [9.17, 15) is 0 Å². The van der Waals surface area contributed by atoms with Gasteiger partial charge >= 0.3 is 0 Å². The van der Waals surface area contributed by atoms with Gasteiger partial charge in [0.25, 0.3) is 0 Å². The molecule has 13 nitrogen and oxygen atoms in total. The quantitative estimate of drug-likeness (QED) is 0.214. The molecule has 13 heteroatoms. The first-order chi connectivity index (χ1) is 18.0. The highest BCUT2D eigenvalue weighted by Crippen LogP contribution is 2.29. The minimum absolute atomic E-state index is 0.287. The first kappa shape index (κ1) is 32.7. The third kappa shape index (κ3) is 8.73. The average molecular weight is 543 g/mol. The van der Waals surface area contributed by atoms with Gasteiger partial charge in [-0.05, 0) is 0 Å². The van der Waals surface area contributed by atoms with Crippen molar-refractivity contribution in [2.45, 2.75) is 61.4 Å². The van der Waals surface area contributed by atoms with Crippen molar-refractivity contribution in [1.82, 2.24) is 0 Å². The van der Waals surface area contributed by atoms with E-state index in [4.69, 9.17) is 61.6 Å². The highest BCUT2D eigenvalue weighted by molar-refractivity contribution is 4.93. The molecule has 0 radical (unpaired) electrons. The second-order valence-corrected chi connectivity index (χ2v) is 8.52. The summed E-state index contributed by atoms with van der Waals surface area (Å²) in [4.78, 5) is 0. The first-order valence-electron chi connectivity index (χ1n) is 12.3. The molecule has 0 aromatic rings. The zero-order chi connectivity index (χ0) is 27.2. The van der Waals surface area contributed by atoms with Gasteiger partial charge in [0.15, 0.2) is 12.6 Å². The molecular formula is C24H46O13. The molecule has 0 N–H and O–H groups in total. The molecule has 0 saturated carbocycles. The summed E-state index contributed by atoms with van der Waals surface area (Å²) in [5, 5.41) is 0. The van der Waals surface area contributed by atoms with Crippen molar-refractivity contribution in [3.63, 3.8) is 0 Å². The number of hydrogen-bond donors (Lipinski definition) is 0. The predicted molar refractivity (Wildman–Crippen MR) is 129 cm³/mol. The van der Waals surface area contributed by atoms with Crippen molar-refractivity contribution in [3.05, 3.63) is 0 Å². The van der Waals surface area contributed by atoms with Crippen LogP contribution >= 0.6 is 0 Å². The van der Waals surface area contributed by atoms with Gasteiger partial charge in [-0.1, -0.05) is 0 Å². The summed E-state index contributed by atoms with van der Waals surface area (Å²) in [6.07, 6.45) is -4.25. The molecular weight excluding hydrogens is 496 g/mol. The largest absolute Gasteiger partial charge is 0.377 e. The Balaban J connectivity index is 1.66. The second kappa shape index (κ2) is 17.9. The van der Waals surface area contributed by atoms with E-state index >= 15 is 0 Å². The van der Waals surface area contributed by atoms with Crippen LogP contribution in [-0.2, 0) is 61.6 Å². The van der Waals surface area contributed by atoms with Gasteiger partial charge in [0.05, 0.1) is 39.6 Å². The Kier molecular flexibility index (Phi) is 15.9.